The molecule has 2 rings (SSSR count). The molecule has 1 unspecified atom stereocenters. The van der Waals surface area contributed by atoms with Crippen LogP contribution < -0.4 is 9.62 Å². The van der Waals surface area contributed by atoms with Gasteiger partial charge in [0.1, 0.15) is 12.6 Å². The number of benzene rings is 2. The van der Waals surface area contributed by atoms with Crippen molar-refractivity contribution < 1.29 is 18.0 Å². The molecule has 0 spiro atoms. The fourth-order valence-electron chi connectivity index (χ4n) is 3.66. The highest BCUT2D eigenvalue weighted by atomic mass is 35.5. The first kappa shape index (κ1) is 28.9. The zero-order valence-corrected chi connectivity index (χ0v) is 23.5. The van der Waals surface area contributed by atoms with Crippen molar-refractivity contribution in [3.05, 3.63) is 63.1 Å². The van der Waals surface area contributed by atoms with E-state index in [0.29, 0.717) is 32.4 Å². The van der Waals surface area contributed by atoms with E-state index in [4.69, 9.17) is 23.2 Å². The van der Waals surface area contributed by atoms with Crippen LogP contribution >= 0.6 is 23.2 Å². The number of carbonyl (C=O) groups is 2. The van der Waals surface area contributed by atoms with Crippen molar-refractivity contribution in [2.45, 2.75) is 59.7 Å². The number of anilines is 1. The molecule has 0 saturated heterocycles. The number of amides is 2. The second kappa shape index (κ2) is 11.2. The minimum absolute atomic E-state index is 0.00206. The van der Waals surface area contributed by atoms with Crippen molar-refractivity contribution in [1.82, 2.24) is 10.2 Å². The number of aryl methyl sites for hydroxylation is 2. The molecule has 0 aliphatic heterocycles. The number of carbonyl (C=O) groups excluding carboxylic acids is 2. The maximum Gasteiger partial charge on any atom is 0.244 e. The Morgan fingerprint density at radius 2 is 1.63 bits per heavy atom. The van der Waals surface area contributed by atoms with Gasteiger partial charge in [0.25, 0.3) is 0 Å². The number of halogens is 2. The molecule has 0 bridgehead atoms. The van der Waals surface area contributed by atoms with Gasteiger partial charge in [0, 0.05) is 22.1 Å². The quantitative estimate of drug-likeness (QED) is 0.524. The van der Waals surface area contributed by atoms with Gasteiger partial charge in [-0.3, -0.25) is 13.9 Å². The van der Waals surface area contributed by atoms with Crippen LogP contribution in [0.15, 0.2) is 36.4 Å². The molecule has 2 amide bonds. The molecule has 192 valence electrons. The summed E-state index contributed by atoms with van der Waals surface area (Å²) in [6.45, 7) is 10.2. The van der Waals surface area contributed by atoms with Gasteiger partial charge < -0.3 is 10.2 Å². The van der Waals surface area contributed by atoms with Crippen molar-refractivity contribution in [3.8, 4) is 0 Å². The summed E-state index contributed by atoms with van der Waals surface area (Å²) < 4.78 is 26.6. The molecule has 0 radical (unpaired) electrons. The Morgan fingerprint density at radius 3 is 2.11 bits per heavy atom. The van der Waals surface area contributed by atoms with Gasteiger partial charge in [-0.25, -0.2) is 8.42 Å². The van der Waals surface area contributed by atoms with E-state index in [0.717, 1.165) is 10.6 Å². The van der Waals surface area contributed by atoms with Crippen molar-refractivity contribution in [1.29, 1.82) is 0 Å². The topological polar surface area (TPSA) is 86.8 Å². The Balaban J connectivity index is 2.50. The molecule has 0 fully saturated rings. The molecular weight excluding hydrogens is 509 g/mol. The molecule has 0 aliphatic rings. The van der Waals surface area contributed by atoms with Crippen LogP contribution in [0.25, 0.3) is 0 Å². The van der Waals surface area contributed by atoms with Crippen LogP contribution in [-0.4, -0.2) is 49.5 Å². The lowest BCUT2D eigenvalue weighted by molar-refractivity contribution is -0.140. The van der Waals surface area contributed by atoms with Crippen LogP contribution in [0.5, 0.6) is 0 Å². The lowest BCUT2D eigenvalue weighted by Gasteiger charge is -2.34. The molecule has 2 aromatic carbocycles. The second-order valence-electron chi connectivity index (χ2n) is 9.68. The summed E-state index contributed by atoms with van der Waals surface area (Å²) in [5, 5.41) is 3.66. The van der Waals surface area contributed by atoms with Gasteiger partial charge in [0.2, 0.25) is 21.8 Å². The van der Waals surface area contributed by atoms with Gasteiger partial charge in [-0.15, -0.1) is 0 Å². The van der Waals surface area contributed by atoms with Gasteiger partial charge in [-0.05, 0) is 70.4 Å². The highest BCUT2D eigenvalue weighted by molar-refractivity contribution is 7.92. The normalized spacial score (nSPS) is 12.7. The zero-order valence-electron chi connectivity index (χ0n) is 21.1. The van der Waals surface area contributed by atoms with Crippen molar-refractivity contribution >= 4 is 50.7 Å². The molecule has 7 nitrogen and oxygen atoms in total. The van der Waals surface area contributed by atoms with Gasteiger partial charge in [-0.2, -0.15) is 0 Å². The summed E-state index contributed by atoms with van der Waals surface area (Å²) >= 11 is 12.4. The Hall–Kier alpha value is -2.29. The second-order valence-corrected chi connectivity index (χ2v) is 12.4. The SMILES string of the molecule is Cc1cccc(C)c1N(CC(=O)N(Cc1ccc(Cl)cc1Cl)C(C)C(=O)NC(C)(C)C)S(C)(=O)=O. The molecule has 0 heterocycles. The van der Waals surface area contributed by atoms with E-state index in [9.17, 15) is 18.0 Å². The van der Waals surface area contributed by atoms with E-state index >= 15 is 0 Å². The summed E-state index contributed by atoms with van der Waals surface area (Å²) in [7, 11) is -3.81. The minimum atomic E-state index is -3.81. The fraction of sp³-hybridized carbons (Fsp3) is 0.440. The van der Waals surface area contributed by atoms with E-state index in [1.807, 2.05) is 26.8 Å². The van der Waals surface area contributed by atoms with Gasteiger partial charge >= 0.3 is 0 Å². The van der Waals surface area contributed by atoms with Gasteiger partial charge in [0.15, 0.2) is 0 Å². The maximum absolute atomic E-state index is 13.7. The molecular formula is C25H33Cl2N3O4S. The number of nitrogens with one attached hydrogen (secondary N) is 1. The Kier molecular flexibility index (Phi) is 9.25. The molecule has 10 heteroatoms. The summed E-state index contributed by atoms with van der Waals surface area (Å²) in [5.41, 5.74) is 1.94. The van der Waals surface area contributed by atoms with Gasteiger partial charge in [-0.1, -0.05) is 47.5 Å². The maximum atomic E-state index is 13.7. The van der Waals surface area contributed by atoms with Crippen LogP contribution in [0.2, 0.25) is 10.0 Å². The summed E-state index contributed by atoms with van der Waals surface area (Å²) in [5.74, 6) is -0.908. The average Bonchev–Trinajstić information content (AvgIpc) is 2.69. The molecule has 35 heavy (non-hydrogen) atoms. The van der Waals surface area contributed by atoms with Crippen molar-refractivity contribution in [2.75, 3.05) is 17.1 Å². The third kappa shape index (κ3) is 7.85. The largest absolute Gasteiger partial charge is 0.350 e. The average molecular weight is 543 g/mol. The van der Waals surface area contributed by atoms with Gasteiger partial charge in [0.05, 0.1) is 11.9 Å². The Bertz CT molecular complexity index is 1190. The van der Waals surface area contributed by atoms with Crippen LogP contribution in [-0.2, 0) is 26.2 Å². The number of hydrogen-bond donors (Lipinski definition) is 1. The molecule has 0 aliphatic carbocycles. The van der Waals surface area contributed by atoms with E-state index < -0.39 is 34.1 Å². The van der Waals surface area contributed by atoms with Crippen LogP contribution in [0.1, 0.15) is 44.4 Å². The molecule has 2 aromatic rings. The molecule has 1 atom stereocenters. The summed E-state index contributed by atoms with van der Waals surface area (Å²) in [6.07, 6.45) is 1.06. The van der Waals surface area contributed by atoms with E-state index in [1.165, 1.54) is 4.90 Å². The first-order valence-electron chi connectivity index (χ1n) is 11.1. The van der Waals surface area contributed by atoms with Crippen LogP contribution in [0, 0.1) is 13.8 Å². The molecule has 0 saturated carbocycles. The molecule has 1 N–H and O–H groups in total. The summed E-state index contributed by atoms with van der Waals surface area (Å²) in [4.78, 5) is 28.0. The Labute approximate surface area is 218 Å². The van der Waals surface area contributed by atoms with E-state index in [2.05, 4.69) is 5.32 Å². The Morgan fingerprint density at radius 1 is 1.06 bits per heavy atom. The number of rotatable bonds is 8. The number of sulfonamides is 1. The van der Waals surface area contributed by atoms with Crippen LogP contribution in [0.4, 0.5) is 5.69 Å². The third-order valence-corrected chi connectivity index (χ3v) is 7.09. The lowest BCUT2D eigenvalue weighted by atomic mass is 10.1. The monoisotopic (exact) mass is 541 g/mol. The van der Waals surface area contributed by atoms with E-state index in [-0.39, 0.29) is 12.5 Å². The predicted octanol–water partition coefficient (Wildman–Crippen LogP) is 4.71. The zero-order chi connectivity index (χ0) is 26.7. The minimum Gasteiger partial charge on any atom is -0.350 e. The first-order chi connectivity index (χ1) is 16.0. The third-order valence-electron chi connectivity index (χ3n) is 5.39. The van der Waals surface area contributed by atoms with Crippen LogP contribution in [0.3, 0.4) is 0 Å². The number of nitrogens with zero attached hydrogens (tertiary/aromatic N) is 2. The first-order valence-corrected chi connectivity index (χ1v) is 13.7. The number of hydrogen-bond acceptors (Lipinski definition) is 4. The van der Waals surface area contributed by atoms with E-state index in [1.54, 1.807) is 51.1 Å². The lowest BCUT2D eigenvalue weighted by Crippen LogP contribution is -2.54. The highest BCUT2D eigenvalue weighted by Gasteiger charge is 2.32. The fourth-order valence-corrected chi connectivity index (χ4v) is 5.10. The smallest absolute Gasteiger partial charge is 0.244 e. The number of para-hydroxylation sites is 1. The highest BCUT2D eigenvalue weighted by Crippen LogP contribution is 2.28. The predicted molar refractivity (Wildman–Crippen MR) is 142 cm³/mol. The molecule has 0 aromatic heterocycles. The van der Waals surface area contributed by atoms with Crippen molar-refractivity contribution in [2.24, 2.45) is 0 Å². The summed E-state index contributed by atoms with van der Waals surface area (Å²) in [6, 6.07) is 9.38. The van der Waals surface area contributed by atoms with Crippen molar-refractivity contribution in [3.63, 3.8) is 0 Å². The standard InChI is InChI=1S/C25H33Cl2N3O4S/c1-16-9-8-10-17(2)23(16)30(35(7,33)34)15-22(31)29(18(3)24(32)28-25(4,5)6)14-19-11-12-20(26)13-21(19)27/h8-13,18H,14-15H2,1-7H3,(H,28,32).